The molecule has 0 aromatic heterocycles. The lowest BCUT2D eigenvalue weighted by Gasteiger charge is -2.26. The summed E-state index contributed by atoms with van der Waals surface area (Å²) in [7, 11) is 0. The van der Waals surface area contributed by atoms with E-state index in [-0.39, 0.29) is 11.8 Å². The summed E-state index contributed by atoms with van der Waals surface area (Å²) in [5.74, 6) is 1.03. The molecule has 3 nitrogen and oxygen atoms in total. The molecule has 0 heterocycles. The van der Waals surface area contributed by atoms with Gasteiger partial charge in [0.05, 0.1) is 0 Å². The molecule has 72 valence electrons. The smallest absolute Gasteiger partial charge is 0.243 e. The normalized spacial score (nSPS) is 29.9. The zero-order valence-corrected chi connectivity index (χ0v) is 8.05. The summed E-state index contributed by atoms with van der Waals surface area (Å²) in [6.45, 7) is 2.17. The largest absolute Gasteiger partial charge is 0.273 e. The van der Waals surface area contributed by atoms with Crippen LogP contribution in [0.1, 0.15) is 39.0 Å². The Kier molecular flexibility index (Phi) is 2.34. The van der Waals surface area contributed by atoms with E-state index in [1.807, 2.05) is 0 Å². The zero-order chi connectivity index (χ0) is 9.26. The molecular weight excluding hydrogens is 164 g/mol. The molecule has 1 unspecified atom stereocenters. The highest BCUT2D eigenvalue weighted by Crippen LogP contribution is 2.29. The monoisotopic (exact) mass is 180 g/mol. The number of amides is 1. The third kappa shape index (κ3) is 1.90. The minimum Gasteiger partial charge on any atom is -0.273 e. The second-order valence-electron chi connectivity index (χ2n) is 4.00. The van der Waals surface area contributed by atoms with Gasteiger partial charge in [0, 0.05) is 11.6 Å². The van der Waals surface area contributed by atoms with E-state index in [0.29, 0.717) is 5.92 Å². The van der Waals surface area contributed by atoms with Crippen molar-refractivity contribution in [2.45, 2.75) is 39.0 Å². The first kappa shape index (κ1) is 8.73. The van der Waals surface area contributed by atoms with Crippen molar-refractivity contribution in [1.29, 1.82) is 0 Å². The Morgan fingerprint density at radius 3 is 2.77 bits per heavy atom. The number of hydrogen-bond acceptors (Lipinski definition) is 2. The maximum absolute atomic E-state index is 11.2. The van der Waals surface area contributed by atoms with Gasteiger partial charge in [0.2, 0.25) is 5.91 Å². The number of nitrogens with zero attached hydrogens (tertiary/aromatic N) is 1. The van der Waals surface area contributed by atoms with Crippen molar-refractivity contribution >= 4 is 11.6 Å². The van der Waals surface area contributed by atoms with E-state index in [1.165, 1.54) is 12.1 Å². The van der Waals surface area contributed by atoms with Gasteiger partial charge >= 0.3 is 0 Å². The first-order valence-electron chi connectivity index (χ1n) is 5.17. The van der Waals surface area contributed by atoms with E-state index in [0.717, 1.165) is 25.7 Å². The zero-order valence-electron chi connectivity index (χ0n) is 8.05. The molecule has 2 aliphatic carbocycles. The summed E-state index contributed by atoms with van der Waals surface area (Å²) in [6, 6.07) is 0. The summed E-state index contributed by atoms with van der Waals surface area (Å²) in [5, 5.41) is 4.16. The summed E-state index contributed by atoms with van der Waals surface area (Å²) in [5.41, 5.74) is 3.85. The number of hydrazone groups is 1. The lowest BCUT2D eigenvalue weighted by molar-refractivity contribution is -0.122. The van der Waals surface area contributed by atoms with Crippen molar-refractivity contribution < 1.29 is 4.79 Å². The number of hydrogen-bond donors (Lipinski definition) is 1. The lowest BCUT2D eigenvalue weighted by Crippen LogP contribution is -2.30. The summed E-state index contributed by atoms with van der Waals surface area (Å²) in [4.78, 5) is 11.2. The first-order valence-corrected chi connectivity index (χ1v) is 5.17. The molecule has 1 atom stereocenters. The van der Waals surface area contributed by atoms with E-state index >= 15 is 0 Å². The fourth-order valence-electron chi connectivity index (χ4n) is 1.63. The van der Waals surface area contributed by atoms with Gasteiger partial charge in [-0.05, 0) is 38.0 Å². The van der Waals surface area contributed by atoms with E-state index in [2.05, 4.69) is 17.5 Å². The molecule has 0 aromatic carbocycles. The van der Waals surface area contributed by atoms with Crippen LogP contribution >= 0.6 is 0 Å². The van der Waals surface area contributed by atoms with Crippen molar-refractivity contribution in [3.63, 3.8) is 0 Å². The van der Waals surface area contributed by atoms with Crippen LogP contribution in [0.4, 0.5) is 0 Å². The molecule has 2 fully saturated rings. The van der Waals surface area contributed by atoms with Crippen LogP contribution in [-0.2, 0) is 4.79 Å². The van der Waals surface area contributed by atoms with Crippen LogP contribution in [0.5, 0.6) is 0 Å². The maximum Gasteiger partial charge on any atom is 0.243 e. The second kappa shape index (κ2) is 3.48. The Balaban J connectivity index is 1.79. The van der Waals surface area contributed by atoms with Gasteiger partial charge in [-0.25, -0.2) is 5.43 Å². The van der Waals surface area contributed by atoms with Gasteiger partial charge in [0.1, 0.15) is 0 Å². The van der Waals surface area contributed by atoms with Gasteiger partial charge in [0.25, 0.3) is 0 Å². The predicted octanol–water partition coefficient (Wildman–Crippen LogP) is 1.69. The molecule has 13 heavy (non-hydrogen) atoms. The summed E-state index contributed by atoms with van der Waals surface area (Å²) >= 11 is 0. The van der Waals surface area contributed by atoms with Crippen molar-refractivity contribution in [3.05, 3.63) is 0 Å². The fourth-order valence-corrected chi connectivity index (χ4v) is 1.63. The molecule has 0 aromatic rings. The predicted molar refractivity (Wildman–Crippen MR) is 51.3 cm³/mol. The maximum atomic E-state index is 11.2. The van der Waals surface area contributed by atoms with Gasteiger partial charge in [0.15, 0.2) is 0 Å². The molecule has 1 N–H and O–H groups in total. The van der Waals surface area contributed by atoms with Crippen LogP contribution in [0.2, 0.25) is 0 Å². The van der Waals surface area contributed by atoms with Crippen molar-refractivity contribution in [1.82, 2.24) is 5.43 Å². The average molecular weight is 180 g/mol. The van der Waals surface area contributed by atoms with Crippen molar-refractivity contribution in [2.75, 3.05) is 0 Å². The lowest BCUT2D eigenvalue weighted by atomic mass is 9.81. The van der Waals surface area contributed by atoms with Crippen LogP contribution in [0.3, 0.4) is 0 Å². The van der Waals surface area contributed by atoms with Crippen molar-refractivity contribution in [2.24, 2.45) is 16.9 Å². The topological polar surface area (TPSA) is 41.5 Å². The van der Waals surface area contributed by atoms with E-state index in [9.17, 15) is 4.79 Å². The Hall–Kier alpha value is -0.860. The van der Waals surface area contributed by atoms with Crippen LogP contribution in [0.15, 0.2) is 5.10 Å². The summed E-state index contributed by atoms with van der Waals surface area (Å²) < 4.78 is 0. The molecule has 0 radical (unpaired) electrons. The van der Waals surface area contributed by atoms with Gasteiger partial charge in [-0.3, -0.25) is 4.79 Å². The molecule has 0 saturated heterocycles. The number of carbonyl (C=O) groups is 1. The van der Waals surface area contributed by atoms with Gasteiger partial charge in [-0.15, -0.1) is 0 Å². The average Bonchev–Trinajstić information content (AvgIpc) is 2.85. The van der Waals surface area contributed by atoms with Gasteiger partial charge < -0.3 is 0 Å². The molecule has 2 rings (SSSR count). The third-order valence-corrected chi connectivity index (χ3v) is 2.97. The number of carbonyl (C=O) groups excluding carboxylic acids is 1. The molecule has 0 aliphatic heterocycles. The second-order valence-corrected chi connectivity index (χ2v) is 4.00. The Labute approximate surface area is 78.6 Å². The highest BCUT2D eigenvalue weighted by Gasteiger charge is 2.30. The number of rotatable bonds is 3. The Morgan fingerprint density at radius 1 is 1.54 bits per heavy atom. The molecule has 0 spiro atoms. The SMILES string of the molecule is CCC1CC/C1=N\NC(=O)C1CC1. The minimum absolute atomic E-state index is 0.120. The van der Waals surface area contributed by atoms with Crippen LogP contribution in [0.25, 0.3) is 0 Å². The third-order valence-electron chi connectivity index (χ3n) is 2.97. The van der Waals surface area contributed by atoms with Crippen LogP contribution < -0.4 is 5.43 Å². The Bertz CT molecular complexity index is 241. The summed E-state index contributed by atoms with van der Waals surface area (Å²) in [6.07, 6.45) is 5.57. The quantitative estimate of drug-likeness (QED) is 0.660. The Morgan fingerprint density at radius 2 is 2.31 bits per heavy atom. The van der Waals surface area contributed by atoms with Crippen LogP contribution in [0, 0.1) is 11.8 Å². The van der Waals surface area contributed by atoms with Gasteiger partial charge in [-0.1, -0.05) is 6.92 Å². The molecule has 3 heteroatoms. The molecule has 2 saturated carbocycles. The standard InChI is InChI=1S/C10H16N2O/c1-2-7-5-6-9(7)11-12-10(13)8-3-4-8/h7-8H,2-6H2,1H3,(H,12,13)/b11-9+. The fraction of sp³-hybridized carbons (Fsp3) is 0.800. The van der Waals surface area contributed by atoms with E-state index < -0.39 is 0 Å². The molecule has 1 amide bonds. The highest BCUT2D eigenvalue weighted by atomic mass is 16.2. The van der Waals surface area contributed by atoms with Gasteiger partial charge in [-0.2, -0.15) is 5.10 Å². The first-order chi connectivity index (χ1) is 6.31. The molecule has 2 aliphatic rings. The minimum atomic E-state index is 0.120. The van der Waals surface area contributed by atoms with E-state index in [1.54, 1.807) is 0 Å². The van der Waals surface area contributed by atoms with Crippen molar-refractivity contribution in [3.8, 4) is 0 Å². The highest BCUT2D eigenvalue weighted by molar-refractivity contribution is 5.93. The van der Waals surface area contributed by atoms with E-state index in [4.69, 9.17) is 0 Å². The number of nitrogens with one attached hydrogen (secondary N) is 1. The molecule has 0 bridgehead atoms. The van der Waals surface area contributed by atoms with Crippen LogP contribution in [-0.4, -0.2) is 11.6 Å². The molecular formula is C10H16N2O.